The summed E-state index contributed by atoms with van der Waals surface area (Å²) in [5, 5.41) is 12.6. The van der Waals surface area contributed by atoms with Crippen LogP contribution in [0.3, 0.4) is 0 Å². The van der Waals surface area contributed by atoms with E-state index in [0.717, 1.165) is 45.1 Å². The largest absolute Gasteiger partial charge is 0.473 e. The van der Waals surface area contributed by atoms with E-state index in [4.69, 9.17) is 4.74 Å². The topological polar surface area (TPSA) is 56.9 Å². The van der Waals surface area contributed by atoms with Gasteiger partial charge in [0.2, 0.25) is 5.88 Å². The van der Waals surface area contributed by atoms with E-state index in [2.05, 4.69) is 66.3 Å². The van der Waals surface area contributed by atoms with Crippen LogP contribution in [0.4, 0.5) is 0 Å². The van der Waals surface area contributed by atoms with Gasteiger partial charge in [-0.05, 0) is 49.1 Å². The number of allylic oxidation sites excluding steroid dienone is 2. The van der Waals surface area contributed by atoms with Crippen LogP contribution in [0.15, 0.2) is 37.1 Å². The minimum atomic E-state index is -0.0162. The Labute approximate surface area is 177 Å². The van der Waals surface area contributed by atoms with Crippen LogP contribution in [0.5, 0.6) is 5.88 Å². The first kappa shape index (κ1) is 20.2. The zero-order chi connectivity index (χ0) is 21.4. The maximum Gasteiger partial charge on any atom is 0.219 e. The Morgan fingerprint density at radius 1 is 1.13 bits per heavy atom. The first-order valence-corrected chi connectivity index (χ1v) is 10.3. The fourth-order valence-corrected chi connectivity index (χ4v) is 3.95. The summed E-state index contributed by atoms with van der Waals surface area (Å²) in [4.78, 5) is 0. The summed E-state index contributed by atoms with van der Waals surface area (Å²) in [5.41, 5.74) is 8.61. The highest BCUT2D eigenvalue weighted by Crippen LogP contribution is 2.33. The summed E-state index contributed by atoms with van der Waals surface area (Å²) in [6.07, 6.45) is 6.06. The summed E-state index contributed by atoms with van der Waals surface area (Å²) in [6.45, 7) is 12.0. The Hall–Kier alpha value is -3.12. The van der Waals surface area contributed by atoms with Crippen molar-refractivity contribution in [1.29, 1.82) is 0 Å². The zero-order valence-electron chi connectivity index (χ0n) is 18.4. The maximum atomic E-state index is 6.30. The van der Waals surface area contributed by atoms with Crippen LogP contribution in [0.1, 0.15) is 35.0 Å². The summed E-state index contributed by atoms with van der Waals surface area (Å²) in [6, 6.07) is 6.42. The normalized spacial score (nSPS) is 18.0. The van der Waals surface area contributed by atoms with Gasteiger partial charge >= 0.3 is 0 Å². The molecule has 3 heterocycles. The Morgan fingerprint density at radius 3 is 2.73 bits per heavy atom. The summed E-state index contributed by atoms with van der Waals surface area (Å²) in [5.74, 6) is 0.771. The molecule has 0 unspecified atom stereocenters. The van der Waals surface area contributed by atoms with Gasteiger partial charge in [-0.1, -0.05) is 30.9 Å². The van der Waals surface area contributed by atoms with Crippen LogP contribution in [0, 0.1) is 13.8 Å². The first-order chi connectivity index (χ1) is 14.3. The Kier molecular flexibility index (Phi) is 5.35. The Balaban J connectivity index is 1.84. The Morgan fingerprint density at radius 2 is 1.93 bits per heavy atom. The predicted octanol–water partition coefficient (Wildman–Crippen LogP) is 4.03. The quantitative estimate of drug-likeness (QED) is 0.616. The molecule has 6 heteroatoms. The lowest BCUT2D eigenvalue weighted by Crippen LogP contribution is -2.30. The highest BCUT2D eigenvalue weighted by Gasteiger charge is 2.18. The van der Waals surface area contributed by atoms with Crippen molar-refractivity contribution in [1.82, 2.24) is 24.9 Å². The molecule has 0 fully saturated rings. The van der Waals surface area contributed by atoms with Gasteiger partial charge in [0.05, 0.1) is 23.1 Å². The molecule has 2 aromatic heterocycles. The van der Waals surface area contributed by atoms with Gasteiger partial charge in [-0.15, -0.1) is 0 Å². The number of hydrogen-bond donors (Lipinski definition) is 1. The second-order valence-corrected chi connectivity index (χ2v) is 8.00. The average molecular weight is 404 g/mol. The molecule has 2 bridgehead atoms. The predicted molar refractivity (Wildman–Crippen MR) is 121 cm³/mol. The van der Waals surface area contributed by atoms with E-state index in [9.17, 15) is 0 Å². The van der Waals surface area contributed by atoms with Gasteiger partial charge in [0.1, 0.15) is 6.10 Å². The van der Waals surface area contributed by atoms with Crippen LogP contribution in [0.2, 0.25) is 0 Å². The van der Waals surface area contributed by atoms with Crippen molar-refractivity contribution in [3.8, 4) is 17.0 Å². The van der Waals surface area contributed by atoms with Crippen molar-refractivity contribution in [3.05, 3.63) is 65.1 Å². The molecular weight excluding hydrogens is 374 g/mol. The van der Waals surface area contributed by atoms with Crippen molar-refractivity contribution in [2.24, 2.45) is 14.1 Å². The van der Waals surface area contributed by atoms with Crippen molar-refractivity contribution in [2.75, 3.05) is 6.54 Å². The third-order valence-corrected chi connectivity index (χ3v) is 5.66. The van der Waals surface area contributed by atoms with Crippen LogP contribution < -0.4 is 10.1 Å². The first-order valence-electron chi connectivity index (χ1n) is 10.3. The molecule has 0 spiro atoms. The Bertz CT molecular complexity index is 1130. The monoisotopic (exact) mass is 403 g/mol. The molecule has 1 aliphatic heterocycles. The zero-order valence-corrected chi connectivity index (χ0v) is 18.4. The van der Waals surface area contributed by atoms with Crippen LogP contribution in [0.25, 0.3) is 22.8 Å². The van der Waals surface area contributed by atoms with Gasteiger partial charge in [0, 0.05) is 32.7 Å². The van der Waals surface area contributed by atoms with E-state index < -0.39 is 0 Å². The molecule has 1 aromatic carbocycles. The van der Waals surface area contributed by atoms with Gasteiger partial charge in [-0.3, -0.25) is 4.68 Å². The molecule has 0 saturated carbocycles. The third-order valence-electron chi connectivity index (χ3n) is 5.66. The molecule has 4 rings (SSSR count). The highest BCUT2D eigenvalue weighted by atomic mass is 16.5. The number of nitrogens with one attached hydrogen (secondary N) is 1. The van der Waals surface area contributed by atoms with E-state index >= 15 is 0 Å². The summed E-state index contributed by atoms with van der Waals surface area (Å²) in [7, 11) is 3.90. The molecule has 156 valence electrons. The molecule has 1 atom stereocenters. The van der Waals surface area contributed by atoms with E-state index in [1.807, 2.05) is 31.9 Å². The molecule has 3 aromatic rings. The number of aryl methyl sites for hydroxylation is 4. The minimum Gasteiger partial charge on any atom is -0.473 e. The molecule has 1 N–H and O–H groups in total. The van der Waals surface area contributed by atoms with Crippen LogP contribution in [-0.4, -0.2) is 32.2 Å². The van der Waals surface area contributed by atoms with Gasteiger partial charge in [-0.25, -0.2) is 4.68 Å². The molecular formula is C24H29N5O. The third kappa shape index (κ3) is 3.71. The molecule has 0 amide bonds. The summed E-state index contributed by atoms with van der Waals surface area (Å²) >= 11 is 0. The molecule has 0 saturated heterocycles. The second-order valence-electron chi connectivity index (χ2n) is 8.00. The molecule has 0 radical (unpaired) electrons. The van der Waals surface area contributed by atoms with Crippen molar-refractivity contribution in [3.63, 3.8) is 0 Å². The van der Waals surface area contributed by atoms with Gasteiger partial charge in [-0.2, -0.15) is 10.2 Å². The SMILES string of the molecule is C=C1/C=C/c2c(C)nn(C)c2CNC[C@H](C)Oc2c(cnn2C)-c2ccc(C)c1c2. The molecule has 6 nitrogen and oxygen atoms in total. The molecule has 0 aliphatic carbocycles. The van der Waals surface area contributed by atoms with Gasteiger partial charge < -0.3 is 10.1 Å². The summed E-state index contributed by atoms with van der Waals surface area (Å²) < 4.78 is 10.0. The average Bonchev–Trinajstić information content (AvgIpc) is 3.19. The molecule has 30 heavy (non-hydrogen) atoms. The van der Waals surface area contributed by atoms with Crippen molar-refractivity contribution in [2.45, 2.75) is 33.4 Å². The number of nitrogens with zero attached hydrogens (tertiary/aromatic N) is 4. The lowest BCUT2D eigenvalue weighted by molar-refractivity contribution is 0.199. The van der Waals surface area contributed by atoms with E-state index in [1.54, 1.807) is 4.68 Å². The highest BCUT2D eigenvalue weighted by molar-refractivity contribution is 5.82. The van der Waals surface area contributed by atoms with E-state index in [0.29, 0.717) is 13.1 Å². The second kappa shape index (κ2) is 7.95. The van der Waals surface area contributed by atoms with Crippen molar-refractivity contribution >= 4 is 11.6 Å². The smallest absolute Gasteiger partial charge is 0.219 e. The lowest BCUT2D eigenvalue weighted by atomic mass is 9.96. The number of rotatable bonds is 0. The number of ether oxygens (including phenoxy) is 1. The standard InChI is InChI=1S/C24H29N5O/c1-15-7-9-19-11-21(15)16(2)8-10-20-18(4)27-28(5)23(20)14-25-12-17(3)30-24-22(19)13-26-29(24)6/h7-11,13,17,25H,2,12,14H2,1,3-6H3/b10-8+/t17-/m0/s1. The van der Waals surface area contributed by atoms with E-state index in [1.165, 1.54) is 5.56 Å². The van der Waals surface area contributed by atoms with Gasteiger partial charge in [0.15, 0.2) is 0 Å². The maximum absolute atomic E-state index is 6.30. The fourth-order valence-electron chi connectivity index (χ4n) is 3.95. The van der Waals surface area contributed by atoms with Crippen LogP contribution >= 0.6 is 0 Å². The number of benzene rings is 1. The molecule has 1 aliphatic rings. The number of aromatic nitrogens is 4. The van der Waals surface area contributed by atoms with E-state index in [-0.39, 0.29) is 6.10 Å². The van der Waals surface area contributed by atoms with Crippen LogP contribution in [-0.2, 0) is 20.6 Å². The number of hydrogen-bond acceptors (Lipinski definition) is 4. The number of fused-ring (bicyclic) bond motifs is 5. The minimum absolute atomic E-state index is 0.0162. The van der Waals surface area contributed by atoms with Crippen molar-refractivity contribution < 1.29 is 4.74 Å². The lowest BCUT2D eigenvalue weighted by Gasteiger charge is -2.17. The fraction of sp³-hybridized carbons (Fsp3) is 0.333. The van der Waals surface area contributed by atoms with Gasteiger partial charge in [0.25, 0.3) is 0 Å².